The Balaban J connectivity index is 2.06. The molecule has 23 heavy (non-hydrogen) atoms. The summed E-state index contributed by atoms with van der Waals surface area (Å²) in [4.78, 5) is 14.6. The van der Waals surface area contributed by atoms with Crippen LogP contribution in [0, 0.1) is 18.3 Å². The zero-order chi connectivity index (χ0) is 16.7. The van der Waals surface area contributed by atoms with Crippen LogP contribution in [-0.4, -0.2) is 51.3 Å². The molecule has 124 valence electrons. The Morgan fingerprint density at radius 3 is 2.61 bits per heavy atom. The first-order valence-electron chi connectivity index (χ1n) is 7.71. The quantitative estimate of drug-likeness (QED) is 0.596. The Morgan fingerprint density at radius 1 is 1.30 bits per heavy atom. The number of amides is 1. The molecule has 0 radical (unpaired) electrons. The summed E-state index contributed by atoms with van der Waals surface area (Å²) in [7, 11) is 3.14. The van der Waals surface area contributed by atoms with Crippen LogP contribution in [0.2, 0.25) is 0 Å². The monoisotopic (exact) mass is 317 g/mol. The van der Waals surface area contributed by atoms with Gasteiger partial charge in [0.05, 0.1) is 20.8 Å². The molecule has 1 aliphatic rings. The van der Waals surface area contributed by atoms with Gasteiger partial charge in [0.15, 0.2) is 0 Å². The SMILES string of the molecule is C#CCOCC1CCCN(C(=O)c2cc(OC)cc(OC)c2)C1. The summed E-state index contributed by atoms with van der Waals surface area (Å²) in [5.41, 5.74) is 0.575. The van der Waals surface area contributed by atoms with Gasteiger partial charge in [-0.3, -0.25) is 4.79 Å². The largest absolute Gasteiger partial charge is 0.497 e. The summed E-state index contributed by atoms with van der Waals surface area (Å²) in [6.45, 7) is 2.35. The van der Waals surface area contributed by atoms with Gasteiger partial charge in [-0.25, -0.2) is 0 Å². The molecule has 1 fully saturated rings. The van der Waals surface area contributed by atoms with Crippen molar-refractivity contribution in [2.24, 2.45) is 5.92 Å². The minimum atomic E-state index is -0.0103. The highest BCUT2D eigenvalue weighted by Gasteiger charge is 2.25. The fourth-order valence-electron chi connectivity index (χ4n) is 2.78. The molecule has 1 saturated heterocycles. The highest BCUT2D eigenvalue weighted by atomic mass is 16.5. The summed E-state index contributed by atoms with van der Waals surface area (Å²) < 4.78 is 15.9. The molecule has 1 heterocycles. The van der Waals surface area contributed by atoms with E-state index in [0.29, 0.717) is 42.7 Å². The van der Waals surface area contributed by atoms with Gasteiger partial charge >= 0.3 is 0 Å². The number of methoxy groups -OCH3 is 2. The van der Waals surface area contributed by atoms with Gasteiger partial charge in [0.1, 0.15) is 18.1 Å². The Labute approximate surface area is 137 Å². The number of terminal acetylenes is 1. The summed E-state index contributed by atoms with van der Waals surface area (Å²) >= 11 is 0. The molecule has 0 saturated carbocycles. The van der Waals surface area contributed by atoms with Gasteiger partial charge in [-0.05, 0) is 25.0 Å². The lowest BCUT2D eigenvalue weighted by Gasteiger charge is -2.32. The van der Waals surface area contributed by atoms with E-state index >= 15 is 0 Å². The van der Waals surface area contributed by atoms with Crippen molar-refractivity contribution >= 4 is 5.91 Å². The van der Waals surface area contributed by atoms with E-state index in [2.05, 4.69) is 5.92 Å². The molecular weight excluding hydrogens is 294 g/mol. The summed E-state index contributed by atoms with van der Waals surface area (Å²) in [6, 6.07) is 5.23. The maximum Gasteiger partial charge on any atom is 0.254 e. The second kappa shape index (κ2) is 8.44. The van der Waals surface area contributed by atoms with Crippen LogP contribution in [-0.2, 0) is 4.74 Å². The van der Waals surface area contributed by atoms with E-state index < -0.39 is 0 Å². The molecule has 0 bridgehead atoms. The van der Waals surface area contributed by atoms with Crippen LogP contribution in [0.5, 0.6) is 11.5 Å². The third-order valence-corrected chi connectivity index (χ3v) is 3.94. The molecule has 1 aromatic rings. The highest BCUT2D eigenvalue weighted by Crippen LogP contribution is 2.25. The van der Waals surface area contributed by atoms with Gasteiger partial charge in [-0.1, -0.05) is 5.92 Å². The van der Waals surface area contributed by atoms with Crippen molar-refractivity contribution in [1.82, 2.24) is 4.90 Å². The van der Waals surface area contributed by atoms with Gasteiger partial charge in [0.2, 0.25) is 0 Å². The molecule has 0 aliphatic carbocycles. The predicted octanol–water partition coefficient (Wildman–Crippen LogP) is 2.21. The Kier molecular flexibility index (Phi) is 6.30. The zero-order valence-electron chi connectivity index (χ0n) is 13.7. The van der Waals surface area contributed by atoms with Crippen LogP contribution in [0.4, 0.5) is 0 Å². The lowest BCUT2D eigenvalue weighted by atomic mass is 9.98. The molecule has 0 aromatic heterocycles. The Hall–Kier alpha value is -2.19. The number of piperidine rings is 1. The fraction of sp³-hybridized carbons (Fsp3) is 0.500. The molecular formula is C18H23NO4. The first kappa shape index (κ1) is 17.2. The van der Waals surface area contributed by atoms with E-state index in [1.54, 1.807) is 32.4 Å². The number of benzene rings is 1. The van der Waals surface area contributed by atoms with Crippen molar-refractivity contribution in [3.8, 4) is 23.8 Å². The Morgan fingerprint density at radius 2 is 2.00 bits per heavy atom. The average Bonchev–Trinajstić information content (AvgIpc) is 2.61. The number of hydrogen-bond acceptors (Lipinski definition) is 4. The zero-order valence-corrected chi connectivity index (χ0v) is 13.7. The van der Waals surface area contributed by atoms with Gasteiger partial charge in [0.25, 0.3) is 5.91 Å². The molecule has 0 N–H and O–H groups in total. The first-order valence-corrected chi connectivity index (χ1v) is 7.71. The third kappa shape index (κ3) is 4.64. The minimum Gasteiger partial charge on any atom is -0.497 e. The molecule has 5 heteroatoms. The van der Waals surface area contributed by atoms with Crippen molar-refractivity contribution in [3.05, 3.63) is 23.8 Å². The van der Waals surface area contributed by atoms with Gasteiger partial charge < -0.3 is 19.1 Å². The molecule has 1 unspecified atom stereocenters. The average molecular weight is 317 g/mol. The van der Waals surface area contributed by atoms with Crippen molar-refractivity contribution in [2.45, 2.75) is 12.8 Å². The summed E-state index contributed by atoms with van der Waals surface area (Å²) in [5.74, 6) is 4.00. The highest BCUT2D eigenvalue weighted by molar-refractivity contribution is 5.95. The topological polar surface area (TPSA) is 48.0 Å². The number of hydrogen-bond donors (Lipinski definition) is 0. The van der Waals surface area contributed by atoms with E-state index in [9.17, 15) is 4.79 Å². The van der Waals surface area contributed by atoms with Crippen LogP contribution >= 0.6 is 0 Å². The van der Waals surface area contributed by atoms with Crippen LogP contribution in [0.25, 0.3) is 0 Å². The number of carbonyl (C=O) groups excluding carboxylic acids is 1. The predicted molar refractivity (Wildman–Crippen MR) is 87.8 cm³/mol. The van der Waals surface area contributed by atoms with Crippen LogP contribution < -0.4 is 9.47 Å². The van der Waals surface area contributed by atoms with E-state index in [1.165, 1.54) is 0 Å². The standard InChI is InChI=1S/C18H23NO4/c1-4-8-23-13-14-6-5-7-19(12-14)18(20)15-9-16(21-2)11-17(10-15)22-3/h1,9-11,14H,5-8,12-13H2,2-3H3. The first-order chi connectivity index (χ1) is 11.2. The number of ether oxygens (including phenoxy) is 3. The summed E-state index contributed by atoms with van der Waals surface area (Å²) in [5, 5.41) is 0. The second-order valence-electron chi connectivity index (χ2n) is 5.58. The molecule has 1 aliphatic heterocycles. The van der Waals surface area contributed by atoms with Gasteiger partial charge in [-0.15, -0.1) is 6.42 Å². The Bertz CT molecular complexity index is 557. The van der Waals surface area contributed by atoms with Crippen molar-refractivity contribution in [1.29, 1.82) is 0 Å². The maximum atomic E-state index is 12.8. The fourth-order valence-corrected chi connectivity index (χ4v) is 2.78. The molecule has 1 aromatic carbocycles. The number of nitrogens with zero attached hydrogens (tertiary/aromatic N) is 1. The van der Waals surface area contributed by atoms with Crippen molar-refractivity contribution in [2.75, 3.05) is 40.5 Å². The third-order valence-electron chi connectivity index (χ3n) is 3.94. The minimum absolute atomic E-state index is 0.0103. The molecule has 5 nitrogen and oxygen atoms in total. The molecule has 1 atom stereocenters. The molecule has 1 amide bonds. The number of likely N-dealkylation sites (tertiary alicyclic amines) is 1. The number of carbonyl (C=O) groups is 1. The lowest BCUT2D eigenvalue weighted by Crippen LogP contribution is -2.41. The van der Waals surface area contributed by atoms with Crippen LogP contribution in [0.1, 0.15) is 23.2 Å². The molecule has 2 rings (SSSR count). The normalized spacial score (nSPS) is 17.4. The smallest absolute Gasteiger partial charge is 0.254 e. The van der Waals surface area contributed by atoms with E-state index in [0.717, 1.165) is 19.4 Å². The number of rotatable bonds is 6. The van der Waals surface area contributed by atoms with Crippen molar-refractivity contribution < 1.29 is 19.0 Å². The van der Waals surface area contributed by atoms with E-state index in [-0.39, 0.29) is 5.91 Å². The second-order valence-corrected chi connectivity index (χ2v) is 5.58. The van der Waals surface area contributed by atoms with Crippen LogP contribution in [0.3, 0.4) is 0 Å². The van der Waals surface area contributed by atoms with Crippen molar-refractivity contribution in [3.63, 3.8) is 0 Å². The molecule has 0 spiro atoms. The lowest BCUT2D eigenvalue weighted by molar-refractivity contribution is 0.0533. The maximum absolute atomic E-state index is 12.8. The van der Waals surface area contributed by atoms with E-state index in [4.69, 9.17) is 20.6 Å². The van der Waals surface area contributed by atoms with Crippen LogP contribution in [0.15, 0.2) is 18.2 Å². The summed E-state index contributed by atoms with van der Waals surface area (Å²) in [6.07, 6.45) is 7.21. The van der Waals surface area contributed by atoms with Gasteiger partial charge in [-0.2, -0.15) is 0 Å². The van der Waals surface area contributed by atoms with Gasteiger partial charge in [0, 0.05) is 30.6 Å². The van der Waals surface area contributed by atoms with E-state index in [1.807, 2.05) is 4.90 Å².